The average Bonchev–Trinajstić information content (AvgIpc) is 1.70. The first-order valence-corrected chi connectivity index (χ1v) is 27.2. The number of imide groups is 1. The van der Waals surface area contributed by atoms with Crippen LogP contribution in [0.4, 0.5) is 15.3 Å². The number of aliphatic hydroxyl groups excluding tert-OH is 1. The van der Waals surface area contributed by atoms with Crippen molar-refractivity contribution in [2.24, 2.45) is 23.5 Å². The number of benzene rings is 3. The lowest BCUT2D eigenvalue weighted by atomic mass is 9.72. The number of unbranched alkanes of at least 4 members (excludes halogenated alkanes) is 2. The molecule has 2 aliphatic heterocycles. The van der Waals surface area contributed by atoms with Gasteiger partial charge in [-0.25, -0.2) is 9.59 Å². The van der Waals surface area contributed by atoms with Gasteiger partial charge in [-0.05, 0) is 62.3 Å². The predicted molar refractivity (Wildman–Crippen MR) is 290 cm³/mol. The van der Waals surface area contributed by atoms with E-state index in [1.807, 2.05) is 6.92 Å². The topological polar surface area (TPSA) is 366 Å². The Kier molecular flexibility index (Phi) is 20.0. The largest absolute Gasteiger partial charge is 0.507 e. The monoisotopic (exact) mass is 1140 g/mol. The zero-order valence-corrected chi connectivity index (χ0v) is 46.2. The number of phenolic OH excluding ortho intramolecular Hbond substituents is 2. The van der Waals surface area contributed by atoms with Crippen molar-refractivity contribution >= 4 is 64.6 Å². The summed E-state index contributed by atoms with van der Waals surface area (Å²) in [5, 5.41) is 56.2. The number of aromatic hydroxyl groups is 2. The van der Waals surface area contributed by atoms with Gasteiger partial charge < -0.3 is 66.4 Å². The van der Waals surface area contributed by atoms with E-state index in [-0.39, 0.29) is 109 Å². The van der Waals surface area contributed by atoms with E-state index in [0.717, 1.165) is 4.90 Å². The van der Waals surface area contributed by atoms with Gasteiger partial charge in [0.25, 0.3) is 11.8 Å². The van der Waals surface area contributed by atoms with Gasteiger partial charge in [0.2, 0.25) is 17.6 Å². The van der Waals surface area contributed by atoms with Crippen molar-refractivity contribution in [1.82, 2.24) is 20.9 Å². The molecule has 0 spiro atoms. The first-order chi connectivity index (χ1) is 39.0. The summed E-state index contributed by atoms with van der Waals surface area (Å²) in [6, 6.07) is 8.36. The quantitative estimate of drug-likeness (QED) is 0.0259. The number of nitrogens with two attached hydrogens (primary N) is 1. The van der Waals surface area contributed by atoms with E-state index in [1.165, 1.54) is 37.5 Å². The van der Waals surface area contributed by atoms with Crippen LogP contribution in [0.25, 0.3) is 0 Å². The van der Waals surface area contributed by atoms with E-state index in [1.54, 1.807) is 45.0 Å². The third kappa shape index (κ3) is 14.0. The lowest BCUT2D eigenvalue weighted by Crippen LogP contribution is -2.52. The lowest BCUT2D eigenvalue weighted by molar-refractivity contribution is -0.238. The third-order valence-corrected chi connectivity index (χ3v) is 15.5. The lowest BCUT2D eigenvalue weighted by Gasteiger charge is -2.43. The molecule has 0 aromatic heterocycles. The minimum Gasteiger partial charge on any atom is -0.507 e. The van der Waals surface area contributed by atoms with Crippen LogP contribution in [0.5, 0.6) is 17.2 Å². The fourth-order valence-electron chi connectivity index (χ4n) is 10.8. The van der Waals surface area contributed by atoms with Crippen molar-refractivity contribution in [2.45, 2.75) is 135 Å². The van der Waals surface area contributed by atoms with Crippen molar-refractivity contribution in [3.05, 3.63) is 93.6 Å². The summed E-state index contributed by atoms with van der Waals surface area (Å²) < 4.78 is 23.5. The molecule has 24 heteroatoms. The fourth-order valence-corrected chi connectivity index (χ4v) is 10.8. The Balaban J connectivity index is 0.959. The van der Waals surface area contributed by atoms with Crippen LogP contribution in [-0.2, 0) is 56.0 Å². The second-order valence-electron chi connectivity index (χ2n) is 21.4. The number of methoxy groups -OCH3 is 1. The third-order valence-electron chi connectivity index (χ3n) is 15.5. The van der Waals surface area contributed by atoms with Gasteiger partial charge >= 0.3 is 12.1 Å². The Labute approximate surface area is 472 Å². The molecule has 1 fully saturated rings. The highest BCUT2D eigenvalue weighted by Crippen LogP contribution is 2.53. The number of nitrogens with zero attached hydrogens (tertiary/aromatic N) is 1. The minimum absolute atomic E-state index is 0.0391. The SMILES string of the molecule is COc1cccc2c1C(=O)c1c(O)c3c(c(O)c1C2=O)C[C@@](O)(C(=O)CO)C[C@@H]3O[C@H]1C[C@H](NC(=O)OCc2ccc(NC(=O)[C@H](CCCNC(N)=O)CC(=O)[C@@H](NC(=O)CCCCCN3C(=O)C=CC3=O)C(C)C)cc2)[C@H](C)[C@H](C)O1. The molecule has 7 rings (SSSR count). The number of hydrogen-bond acceptors (Lipinski definition) is 18. The number of phenols is 2. The number of Topliss-reactive ketones (excluding diaryl/α,β-unsaturated/α-hetero) is 2. The number of amides is 7. The van der Waals surface area contributed by atoms with Crippen LogP contribution >= 0.6 is 0 Å². The number of rotatable bonds is 25. The first kappa shape index (κ1) is 61.6. The number of carbonyl (C=O) groups is 10. The highest BCUT2D eigenvalue weighted by atomic mass is 16.7. The molecule has 2 aliphatic carbocycles. The van der Waals surface area contributed by atoms with Crippen molar-refractivity contribution in [3.8, 4) is 17.2 Å². The smallest absolute Gasteiger partial charge is 0.407 e. The number of nitrogens with one attached hydrogen (secondary N) is 4. The number of alkyl carbamates (subject to hydrolysis) is 1. The van der Waals surface area contributed by atoms with E-state index in [2.05, 4.69) is 21.3 Å². The van der Waals surface area contributed by atoms with E-state index < -0.39 is 120 Å². The van der Waals surface area contributed by atoms with Crippen molar-refractivity contribution < 1.29 is 87.3 Å². The maximum absolute atomic E-state index is 14.1. The zero-order chi connectivity index (χ0) is 59.7. The highest BCUT2D eigenvalue weighted by molar-refractivity contribution is 6.31. The number of fused-ring (bicyclic) bond motifs is 3. The van der Waals surface area contributed by atoms with E-state index in [0.29, 0.717) is 36.9 Å². The molecule has 7 amide bonds. The van der Waals surface area contributed by atoms with Gasteiger partial charge in [-0.3, -0.25) is 43.3 Å². The second kappa shape index (κ2) is 26.7. The van der Waals surface area contributed by atoms with Gasteiger partial charge in [0, 0.05) is 97.6 Å². The standard InChI is InChI=1S/C58H70N6O18/c1-29(2)50(63-42(68)14-7-6-8-22-64-43(69)19-20-44(64)70)38(66)23-33(11-10-21-60-56(59)76)55(75)61-34-17-15-32(16-18-34)28-80-57(77)62-37-24-45(81-31(4)30(37)3)82-40-26-58(78,41(67)27-65)25-36-47(40)54(74)49-48(52(36)72)51(71)35-12-9-13-39(79-5)46(35)53(49)73/h9,12-13,15-20,29-31,33,37,40,45,50,65,72,74,78H,6-8,10-11,14,21-28H2,1-5H3,(H,61,75)(H,62,77)(H,63,68)(H3,59,60,76)/t30-,31+,33-,37+,40+,45+,50+,58+/m1/s1. The van der Waals surface area contributed by atoms with Gasteiger partial charge in [0.05, 0.1) is 42.0 Å². The maximum atomic E-state index is 14.1. The summed E-state index contributed by atoms with van der Waals surface area (Å²) in [6.45, 7) is 6.15. The Morgan fingerprint density at radius 1 is 0.890 bits per heavy atom. The number of primary amides is 1. The number of hydrogen-bond donors (Lipinski definition) is 9. The number of ketones is 4. The van der Waals surface area contributed by atoms with Gasteiger partial charge in [-0.2, -0.15) is 0 Å². The number of anilines is 1. The molecule has 24 nitrogen and oxygen atoms in total. The van der Waals surface area contributed by atoms with Crippen LogP contribution in [0.15, 0.2) is 54.6 Å². The highest BCUT2D eigenvalue weighted by Gasteiger charge is 2.50. The molecule has 2 heterocycles. The van der Waals surface area contributed by atoms with Crippen LogP contribution in [0.2, 0.25) is 0 Å². The summed E-state index contributed by atoms with van der Waals surface area (Å²) in [5.41, 5.74) is 1.98. The maximum Gasteiger partial charge on any atom is 0.407 e. The summed E-state index contributed by atoms with van der Waals surface area (Å²) in [7, 11) is 1.30. The molecule has 440 valence electrons. The number of aliphatic hydroxyl groups is 2. The fraction of sp³-hybridized carbons (Fsp3) is 0.483. The average molecular weight is 1140 g/mol. The summed E-state index contributed by atoms with van der Waals surface area (Å²) in [6.07, 6.45) is -1.05. The minimum atomic E-state index is -2.37. The van der Waals surface area contributed by atoms with Crippen molar-refractivity contribution in [1.29, 1.82) is 0 Å². The molecule has 82 heavy (non-hydrogen) atoms. The number of ether oxygens (including phenoxy) is 4. The van der Waals surface area contributed by atoms with Crippen LogP contribution in [0.1, 0.15) is 140 Å². The Morgan fingerprint density at radius 3 is 2.24 bits per heavy atom. The van der Waals surface area contributed by atoms with Gasteiger partial charge in [0.1, 0.15) is 36.1 Å². The normalized spacial score (nSPS) is 21.7. The number of carbonyl (C=O) groups excluding carboxylic acids is 10. The Hall–Kier alpha value is -8.06. The van der Waals surface area contributed by atoms with Gasteiger partial charge in [-0.15, -0.1) is 0 Å². The van der Waals surface area contributed by atoms with Crippen LogP contribution in [-0.4, -0.2) is 141 Å². The zero-order valence-electron chi connectivity index (χ0n) is 46.2. The summed E-state index contributed by atoms with van der Waals surface area (Å²) >= 11 is 0. The van der Waals surface area contributed by atoms with Crippen LogP contribution in [0, 0.1) is 17.8 Å². The molecule has 0 radical (unpaired) electrons. The second-order valence-corrected chi connectivity index (χ2v) is 21.4. The summed E-state index contributed by atoms with van der Waals surface area (Å²) in [5.74, 6) is -7.65. The van der Waals surface area contributed by atoms with Crippen molar-refractivity contribution in [2.75, 3.05) is 32.1 Å². The molecule has 3 aromatic rings. The van der Waals surface area contributed by atoms with Crippen LogP contribution in [0.3, 0.4) is 0 Å². The molecular formula is C58H70N6O18. The Morgan fingerprint density at radius 2 is 1.59 bits per heavy atom. The molecule has 0 saturated carbocycles. The van der Waals surface area contributed by atoms with E-state index in [9.17, 15) is 68.4 Å². The molecule has 3 aromatic carbocycles. The molecule has 10 N–H and O–H groups in total. The van der Waals surface area contributed by atoms with Crippen molar-refractivity contribution in [3.63, 3.8) is 0 Å². The van der Waals surface area contributed by atoms with Gasteiger partial charge in [0.15, 0.2) is 23.6 Å². The molecule has 0 bridgehead atoms. The molecular weight excluding hydrogens is 1070 g/mol. The predicted octanol–water partition coefficient (Wildman–Crippen LogP) is 3.83. The van der Waals surface area contributed by atoms with Crippen LogP contribution < -0.4 is 31.7 Å². The molecule has 4 aliphatic rings. The molecule has 1 saturated heterocycles. The first-order valence-electron chi connectivity index (χ1n) is 27.2. The summed E-state index contributed by atoms with van der Waals surface area (Å²) in [4.78, 5) is 131. The van der Waals surface area contributed by atoms with E-state index in [4.69, 9.17) is 24.7 Å². The van der Waals surface area contributed by atoms with Gasteiger partial charge in [-0.1, -0.05) is 51.5 Å². The number of urea groups is 1. The molecule has 0 unspecified atom stereocenters. The Bertz CT molecular complexity index is 3010. The van der Waals surface area contributed by atoms with E-state index >= 15 is 0 Å². The molecule has 8 atom stereocenters.